The zero-order valence-electron chi connectivity index (χ0n) is 17.0. The number of carboxylic acid groups (broad SMARTS) is 1. The van der Waals surface area contributed by atoms with E-state index in [9.17, 15) is 4.79 Å². The highest BCUT2D eigenvalue weighted by atomic mass is 16.7. The molecular formula is C25H27NO4. The molecule has 0 saturated heterocycles. The maximum Gasteiger partial charge on any atom is 0.513 e. The van der Waals surface area contributed by atoms with Gasteiger partial charge in [-0.1, -0.05) is 62.4 Å². The van der Waals surface area contributed by atoms with Crippen molar-refractivity contribution in [3.05, 3.63) is 59.8 Å². The van der Waals surface area contributed by atoms with Gasteiger partial charge in [-0.15, -0.1) is 0 Å². The largest absolute Gasteiger partial charge is 0.513 e. The van der Waals surface area contributed by atoms with Gasteiger partial charge >= 0.3 is 6.16 Å². The van der Waals surface area contributed by atoms with E-state index in [0.29, 0.717) is 5.88 Å². The molecule has 0 spiro atoms. The van der Waals surface area contributed by atoms with Crippen molar-refractivity contribution in [3.63, 3.8) is 0 Å². The summed E-state index contributed by atoms with van der Waals surface area (Å²) in [4.78, 5) is 10.9. The average molecular weight is 405 g/mol. The predicted octanol–water partition coefficient (Wildman–Crippen LogP) is 6.48. The van der Waals surface area contributed by atoms with Crippen LogP contribution in [-0.2, 0) is 12.8 Å². The SMILES string of the molecule is O=C(O)Oc1ccc(-n2c(-c3ccccc3)cc3c2CCC(C2CCCCC2)C3)o1. The van der Waals surface area contributed by atoms with Gasteiger partial charge in [-0.2, -0.15) is 0 Å². The fourth-order valence-electron chi connectivity index (χ4n) is 5.41. The Morgan fingerprint density at radius 1 is 1.00 bits per heavy atom. The lowest BCUT2D eigenvalue weighted by Crippen LogP contribution is -2.24. The standard InChI is InChI=1S/C25H27NO4/c27-25(28)30-24-14-13-23(29-24)26-21-12-11-19(17-7-3-1-4-8-17)15-20(21)16-22(26)18-9-5-2-6-10-18/h2,5-6,9-10,13-14,16-17,19H,1,3-4,7-8,11-12,15H2,(H,27,28). The van der Waals surface area contributed by atoms with Crippen molar-refractivity contribution in [1.82, 2.24) is 4.57 Å². The van der Waals surface area contributed by atoms with Crippen molar-refractivity contribution in [2.45, 2.75) is 51.4 Å². The Labute approximate surface area is 176 Å². The Morgan fingerprint density at radius 2 is 1.80 bits per heavy atom. The molecular weight excluding hydrogens is 378 g/mol. The van der Waals surface area contributed by atoms with Gasteiger partial charge in [0.25, 0.3) is 5.95 Å². The van der Waals surface area contributed by atoms with E-state index in [1.54, 1.807) is 12.1 Å². The van der Waals surface area contributed by atoms with Crippen molar-refractivity contribution in [2.75, 3.05) is 0 Å². The molecule has 2 aromatic heterocycles. The number of fused-ring (bicyclic) bond motifs is 1. The van der Waals surface area contributed by atoms with Gasteiger partial charge in [0.1, 0.15) is 0 Å². The molecule has 1 fully saturated rings. The zero-order chi connectivity index (χ0) is 20.5. The Balaban J connectivity index is 1.53. The molecule has 1 atom stereocenters. The second kappa shape index (κ2) is 8.05. The van der Waals surface area contributed by atoms with E-state index in [0.717, 1.165) is 35.9 Å². The molecule has 5 heteroatoms. The van der Waals surface area contributed by atoms with E-state index in [4.69, 9.17) is 14.3 Å². The Bertz CT molecular complexity index is 1030. The highest BCUT2D eigenvalue weighted by Crippen LogP contribution is 2.41. The summed E-state index contributed by atoms with van der Waals surface area (Å²) in [5.74, 6) is 2.21. The molecule has 5 nitrogen and oxygen atoms in total. The van der Waals surface area contributed by atoms with Gasteiger partial charge in [-0.25, -0.2) is 4.79 Å². The van der Waals surface area contributed by atoms with E-state index in [1.165, 1.54) is 49.8 Å². The fourth-order valence-corrected chi connectivity index (χ4v) is 5.41. The molecule has 0 amide bonds. The molecule has 1 aromatic carbocycles. The molecule has 30 heavy (non-hydrogen) atoms. The summed E-state index contributed by atoms with van der Waals surface area (Å²) in [5, 5.41) is 8.90. The second-order valence-electron chi connectivity index (χ2n) is 8.56. The molecule has 5 rings (SSSR count). The monoisotopic (exact) mass is 405 g/mol. The maximum absolute atomic E-state index is 10.9. The molecule has 0 aliphatic heterocycles. The lowest BCUT2D eigenvalue weighted by atomic mass is 9.73. The summed E-state index contributed by atoms with van der Waals surface area (Å²) in [5.41, 5.74) is 4.88. The van der Waals surface area contributed by atoms with Crippen molar-refractivity contribution < 1.29 is 19.1 Å². The molecule has 0 radical (unpaired) electrons. The van der Waals surface area contributed by atoms with Crippen LogP contribution in [0.25, 0.3) is 17.1 Å². The van der Waals surface area contributed by atoms with Crippen molar-refractivity contribution in [2.24, 2.45) is 11.8 Å². The van der Waals surface area contributed by atoms with Crippen LogP contribution >= 0.6 is 0 Å². The zero-order valence-corrected chi connectivity index (χ0v) is 17.0. The molecule has 2 aliphatic carbocycles. The molecule has 2 aliphatic rings. The van der Waals surface area contributed by atoms with E-state index in [1.807, 2.05) is 18.2 Å². The quantitative estimate of drug-likeness (QED) is 0.505. The molecule has 2 heterocycles. The molecule has 0 bridgehead atoms. The van der Waals surface area contributed by atoms with Gasteiger partial charge in [0.15, 0.2) is 0 Å². The number of nitrogens with zero attached hydrogens (tertiary/aromatic N) is 1. The van der Waals surface area contributed by atoms with Gasteiger partial charge in [0, 0.05) is 17.8 Å². The molecule has 1 saturated carbocycles. The topological polar surface area (TPSA) is 64.6 Å². The predicted molar refractivity (Wildman–Crippen MR) is 114 cm³/mol. The Kier molecular flexibility index (Phi) is 5.11. The third-order valence-electron chi connectivity index (χ3n) is 6.79. The number of furan rings is 1. The molecule has 1 unspecified atom stereocenters. The first kappa shape index (κ1) is 19.0. The van der Waals surface area contributed by atoms with Crippen LogP contribution in [0.5, 0.6) is 5.95 Å². The van der Waals surface area contributed by atoms with E-state index in [-0.39, 0.29) is 5.95 Å². The minimum Gasteiger partial charge on any atom is -0.449 e. The maximum atomic E-state index is 10.9. The summed E-state index contributed by atoms with van der Waals surface area (Å²) in [6, 6.07) is 16.0. The van der Waals surface area contributed by atoms with E-state index < -0.39 is 6.16 Å². The average Bonchev–Trinajstić information content (AvgIpc) is 3.38. The van der Waals surface area contributed by atoms with E-state index in [2.05, 4.69) is 22.8 Å². The number of carbonyl (C=O) groups is 1. The van der Waals surface area contributed by atoms with Crippen molar-refractivity contribution in [3.8, 4) is 23.1 Å². The lowest BCUT2D eigenvalue weighted by molar-refractivity contribution is 0.133. The van der Waals surface area contributed by atoms with E-state index >= 15 is 0 Å². The van der Waals surface area contributed by atoms with Gasteiger partial charge in [0.2, 0.25) is 5.88 Å². The van der Waals surface area contributed by atoms with Crippen LogP contribution in [0, 0.1) is 11.8 Å². The Morgan fingerprint density at radius 3 is 2.57 bits per heavy atom. The number of rotatable bonds is 4. The van der Waals surface area contributed by atoms with Crippen LogP contribution in [0.15, 0.2) is 52.9 Å². The Hall–Kier alpha value is -2.95. The first-order valence-corrected chi connectivity index (χ1v) is 11.0. The van der Waals surface area contributed by atoms with Gasteiger partial charge in [0.05, 0.1) is 5.69 Å². The smallest absolute Gasteiger partial charge is 0.449 e. The number of benzene rings is 1. The van der Waals surface area contributed by atoms with Crippen LogP contribution < -0.4 is 4.74 Å². The number of hydrogen-bond acceptors (Lipinski definition) is 3. The highest BCUT2D eigenvalue weighted by molar-refractivity contribution is 5.66. The third kappa shape index (κ3) is 3.64. The molecule has 3 aromatic rings. The third-order valence-corrected chi connectivity index (χ3v) is 6.79. The normalized spacial score (nSPS) is 19.4. The molecule has 156 valence electrons. The van der Waals surface area contributed by atoms with Crippen LogP contribution in [0.4, 0.5) is 4.79 Å². The number of hydrogen-bond donors (Lipinski definition) is 1. The number of aromatic nitrogens is 1. The van der Waals surface area contributed by atoms with Gasteiger partial charge < -0.3 is 14.3 Å². The molecule has 1 N–H and O–H groups in total. The number of ether oxygens (including phenoxy) is 1. The van der Waals surface area contributed by atoms with Gasteiger partial charge in [-0.05, 0) is 48.3 Å². The summed E-state index contributed by atoms with van der Waals surface area (Å²) in [6.07, 6.45) is 8.86. The minimum atomic E-state index is -1.37. The highest BCUT2D eigenvalue weighted by Gasteiger charge is 2.31. The summed E-state index contributed by atoms with van der Waals surface area (Å²) >= 11 is 0. The van der Waals surface area contributed by atoms with Crippen LogP contribution in [0.3, 0.4) is 0 Å². The van der Waals surface area contributed by atoms with Gasteiger partial charge in [-0.3, -0.25) is 4.57 Å². The van der Waals surface area contributed by atoms with Crippen LogP contribution in [-0.4, -0.2) is 15.8 Å². The lowest BCUT2D eigenvalue weighted by Gasteiger charge is -2.33. The summed E-state index contributed by atoms with van der Waals surface area (Å²) < 4.78 is 12.6. The second-order valence-corrected chi connectivity index (χ2v) is 8.56. The summed E-state index contributed by atoms with van der Waals surface area (Å²) in [6.45, 7) is 0. The van der Waals surface area contributed by atoms with Crippen molar-refractivity contribution >= 4 is 6.16 Å². The van der Waals surface area contributed by atoms with Crippen LogP contribution in [0.1, 0.15) is 49.8 Å². The fraction of sp³-hybridized carbons (Fsp3) is 0.400. The summed E-state index contributed by atoms with van der Waals surface area (Å²) in [7, 11) is 0. The first-order valence-electron chi connectivity index (χ1n) is 11.0. The first-order chi connectivity index (χ1) is 14.7. The van der Waals surface area contributed by atoms with Crippen LogP contribution in [0.2, 0.25) is 0 Å². The van der Waals surface area contributed by atoms with Crippen molar-refractivity contribution in [1.29, 1.82) is 0 Å². The minimum absolute atomic E-state index is 0.00477.